The number of para-hydroxylation sites is 1. The monoisotopic (exact) mass is 232 g/mol. The van der Waals surface area contributed by atoms with Gasteiger partial charge in [0.15, 0.2) is 0 Å². The molecular formula is C15H24N2. The minimum Gasteiger partial charge on any atom is -0.279 e. The van der Waals surface area contributed by atoms with Crippen molar-refractivity contribution in [3.8, 4) is 0 Å². The topological polar surface area (TPSA) is 24.4 Å². The maximum absolute atomic E-state index is 4.50. The molecule has 0 fully saturated rings. The fraction of sp³-hybridized carbons (Fsp3) is 0.533. The van der Waals surface area contributed by atoms with E-state index in [-0.39, 0.29) is 0 Å². The molecule has 0 amide bonds. The summed E-state index contributed by atoms with van der Waals surface area (Å²) in [4.78, 5) is 0. The predicted molar refractivity (Wildman–Crippen MR) is 76.5 cm³/mol. The SMILES string of the molecule is CCCC(CCC)C(C)=NNc1ccccc1. The lowest BCUT2D eigenvalue weighted by molar-refractivity contribution is 0.556. The summed E-state index contributed by atoms with van der Waals surface area (Å²) in [6, 6.07) is 10.1. The lowest BCUT2D eigenvalue weighted by Crippen LogP contribution is -2.12. The Hall–Kier alpha value is -1.31. The Kier molecular flexibility index (Phi) is 6.38. The summed E-state index contributed by atoms with van der Waals surface area (Å²) in [7, 11) is 0. The number of benzene rings is 1. The van der Waals surface area contributed by atoms with Gasteiger partial charge in [0, 0.05) is 5.71 Å². The van der Waals surface area contributed by atoms with E-state index in [1.165, 1.54) is 31.4 Å². The Labute approximate surface area is 105 Å². The molecule has 0 atom stereocenters. The van der Waals surface area contributed by atoms with Gasteiger partial charge in [-0.3, -0.25) is 5.43 Å². The van der Waals surface area contributed by atoms with E-state index in [0.29, 0.717) is 5.92 Å². The van der Waals surface area contributed by atoms with Gasteiger partial charge in [-0.05, 0) is 37.8 Å². The van der Waals surface area contributed by atoms with Crippen LogP contribution in [0, 0.1) is 5.92 Å². The van der Waals surface area contributed by atoms with E-state index in [1.54, 1.807) is 0 Å². The minimum absolute atomic E-state index is 0.626. The normalized spacial score (nSPS) is 11.9. The number of hydrazone groups is 1. The third-order valence-corrected chi connectivity index (χ3v) is 3.00. The molecule has 2 heteroatoms. The molecule has 0 aromatic heterocycles. The first-order valence-corrected chi connectivity index (χ1v) is 6.63. The van der Waals surface area contributed by atoms with Gasteiger partial charge < -0.3 is 0 Å². The number of hydrogen-bond acceptors (Lipinski definition) is 2. The maximum atomic E-state index is 4.50. The van der Waals surface area contributed by atoms with Crippen molar-refractivity contribution in [1.29, 1.82) is 0 Å². The third-order valence-electron chi connectivity index (χ3n) is 3.00. The summed E-state index contributed by atoms with van der Waals surface area (Å²) in [5.41, 5.74) is 5.40. The van der Waals surface area contributed by atoms with Crippen LogP contribution in [0.4, 0.5) is 5.69 Å². The van der Waals surface area contributed by atoms with Crippen molar-refractivity contribution in [2.45, 2.75) is 46.5 Å². The van der Waals surface area contributed by atoms with Crippen LogP contribution < -0.4 is 5.43 Å². The van der Waals surface area contributed by atoms with Gasteiger partial charge in [0.2, 0.25) is 0 Å². The average molecular weight is 232 g/mol. The van der Waals surface area contributed by atoms with Gasteiger partial charge in [-0.1, -0.05) is 44.9 Å². The molecule has 0 spiro atoms. The number of nitrogens with one attached hydrogen (secondary N) is 1. The molecule has 17 heavy (non-hydrogen) atoms. The average Bonchev–Trinajstić information content (AvgIpc) is 2.37. The Morgan fingerprint density at radius 2 is 1.71 bits per heavy atom. The van der Waals surface area contributed by atoms with Gasteiger partial charge in [-0.15, -0.1) is 0 Å². The first-order chi connectivity index (χ1) is 8.27. The fourth-order valence-electron chi connectivity index (χ4n) is 2.02. The van der Waals surface area contributed by atoms with Crippen molar-refractivity contribution >= 4 is 11.4 Å². The molecule has 1 aromatic rings. The number of nitrogens with zero attached hydrogens (tertiary/aromatic N) is 1. The van der Waals surface area contributed by atoms with Crippen LogP contribution >= 0.6 is 0 Å². The van der Waals surface area contributed by atoms with E-state index >= 15 is 0 Å². The van der Waals surface area contributed by atoms with Crippen molar-refractivity contribution in [2.75, 3.05) is 5.43 Å². The Morgan fingerprint density at radius 3 is 2.24 bits per heavy atom. The van der Waals surface area contributed by atoms with Gasteiger partial charge >= 0.3 is 0 Å². The Balaban J connectivity index is 2.57. The quantitative estimate of drug-likeness (QED) is 0.535. The van der Waals surface area contributed by atoms with E-state index < -0.39 is 0 Å². The molecule has 0 heterocycles. The van der Waals surface area contributed by atoms with Crippen LogP contribution in [0.3, 0.4) is 0 Å². The zero-order chi connectivity index (χ0) is 12.5. The molecule has 1 aromatic carbocycles. The summed E-state index contributed by atoms with van der Waals surface area (Å²) >= 11 is 0. The standard InChI is InChI=1S/C15H24N2/c1-4-9-14(10-5-2)13(3)16-17-15-11-7-6-8-12-15/h6-8,11-12,14,17H,4-5,9-10H2,1-3H3. The van der Waals surface area contributed by atoms with Crippen LogP contribution in [0.2, 0.25) is 0 Å². The Bertz CT molecular complexity index is 324. The van der Waals surface area contributed by atoms with Gasteiger partial charge in [-0.25, -0.2) is 0 Å². The molecule has 0 aliphatic heterocycles. The third kappa shape index (κ3) is 5.03. The zero-order valence-corrected chi connectivity index (χ0v) is 11.2. The minimum atomic E-state index is 0.626. The van der Waals surface area contributed by atoms with Crippen molar-refractivity contribution in [2.24, 2.45) is 11.0 Å². The highest BCUT2D eigenvalue weighted by Crippen LogP contribution is 2.16. The molecule has 0 unspecified atom stereocenters. The number of anilines is 1. The fourth-order valence-corrected chi connectivity index (χ4v) is 2.02. The molecule has 0 radical (unpaired) electrons. The van der Waals surface area contributed by atoms with Crippen molar-refractivity contribution in [3.63, 3.8) is 0 Å². The first-order valence-electron chi connectivity index (χ1n) is 6.63. The van der Waals surface area contributed by atoms with E-state index in [4.69, 9.17) is 0 Å². The predicted octanol–water partition coefficient (Wildman–Crippen LogP) is 4.69. The second-order valence-electron chi connectivity index (χ2n) is 4.51. The molecule has 94 valence electrons. The second-order valence-corrected chi connectivity index (χ2v) is 4.51. The number of hydrogen-bond donors (Lipinski definition) is 1. The van der Waals surface area contributed by atoms with Gasteiger partial charge in [-0.2, -0.15) is 5.10 Å². The van der Waals surface area contributed by atoms with Crippen molar-refractivity contribution < 1.29 is 0 Å². The maximum Gasteiger partial charge on any atom is 0.0561 e. The molecule has 1 N–H and O–H groups in total. The lowest BCUT2D eigenvalue weighted by Gasteiger charge is -2.15. The summed E-state index contributed by atoms with van der Waals surface area (Å²) in [5, 5.41) is 4.50. The highest BCUT2D eigenvalue weighted by atomic mass is 15.3. The first kappa shape index (κ1) is 13.8. The van der Waals surface area contributed by atoms with Crippen LogP contribution in [0.25, 0.3) is 0 Å². The molecule has 1 rings (SSSR count). The highest BCUT2D eigenvalue weighted by Gasteiger charge is 2.09. The largest absolute Gasteiger partial charge is 0.279 e. The highest BCUT2D eigenvalue weighted by molar-refractivity contribution is 5.85. The van der Waals surface area contributed by atoms with E-state index in [2.05, 4.69) is 31.3 Å². The lowest BCUT2D eigenvalue weighted by atomic mass is 9.94. The molecule has 0 aliphatic rings. The van der Waals surface area contributed by atoms with Gasteiger partial charge in [0.25, 0.3) is 0 Å². The number of rotatable bonds is 7. The van der Waals surface area contributed by atoms with E-state index in [1.807, 2.05) is 30.3 Å². The zero-order valence-electron chi connectivity index (χ0n) is 11.2. The van der Waals surface area contributed by atoms with Crippen LogP contribution in [0.5, 0.6) is 0 Å². The van der Waals surface area contributed by atoms with Crippen LogP contribution in [0.1, 0.15) is 46.5 Å². The molecule has 2 nitrogen and oxygen atoms in total. The Morgan fingerprint density at radius 1 is 1.12 bits per heavy atom. The van der Waals surface area contributed by atoms with E-state index in [9.17, 15) is 0 Å². The molecule has 0 saturated heterocycles. The van der Waals surface area contributed by atoms with Crippen molar-refractivity contribution in [3.05, 3.63) is 30.3 Å². The molecule has 0 saturated carbocycles. The summed E-state index contributed by atoms with van der Waals surface area (Å²) < 4.78 is 0. The van der Waals surface area contributed by atoms with Crippen LogP contribution in [-0.4, -0.2) is 5.71 Å². The summed E-state index contributed by atoms with van der Waals surface area (Å²) in [5.74, 6) is 0.626. The van der Waals surface area contributed by atoms with Crippen molar-refractivity contribution in [1.82, 2.24) is 0 Å². The molecule has 0 aliphatic carbocycles. The van der Waals surface area contributed by atoms with Gasteiger partial charge in [0.05, 0.1) is 5.69 Å². The van der Waals surface area contributed by atoms with Crippen LogP contribution in [0.15, 0.2) is 35.4 Å². The van der Waals surface area contributed by atoms with E-state index in [0.717, 1.165) is 5.69 Å². The summed E-state index contributed by atoms with van der Waals surface area (Å²) in [6.45, 7) is 6.60. The summed E-state index contributed by atoms with van der Waals surface area (Å²) in [6.07, 6.45) is 4.92. The molecule has 0 bridgehead atoms. The van der Waals surface area contributed by atoms with Gasteiger partial charge in [0.1, 0.15) is 0 Å². The molecular weight excluding hydrogens is 208 g/mol. The second kappa shape index (κ2) is 7.88. The van der Waals surface area contributed by atoms with Crippen LogP contribution in [-0.2, 0) is 0 Å². The smallest absolute Gasteiger partial charge is 0.0561 e.